The van der Waals surface area contributed by atoms with Gasteiger partial charge in [-0.15, -0.1) is 0 Å². The first kappa shape index (κ1) is 12.1. The fourth-order valence-electron chi connectivity index (χ4n) is 0.539. The van der Waals surface area contributed by atoms with Gasteiger partial charge in [0.15, 0.2) is 0 Å². The van der Waals surface area contributed by atoms with E-state index in [1.807, 2.05) is 0 Å². The molecule has 0 atom stereocenters. The number of carboxylic acids is 1. The molecule has 0 unspecified atom stereocenters. The quantitative estimate of drug-likeness (QED) is 0.710. The normalized spacial score (nSPS) is 8.54. The fraction of sp³-hybridized carbons (Fsp3) is 0.125. The minimum atomic E-state index is -0.833. The highest BCUT2D eigenvalue weighted by Crippen LogP contribution is 2.22. The third-order valence-electron chi connectivity index (χ3n) is 0.847. The van der Waals surface area contributed by atoms with E-state index in [1.54, 1.807) is 6.07 Å². The molecular weight excluding hydrogens is 215 g/mol. The van der Waals surface area contributed by atoms with Gasteiger partial charge in [0.25, 0.3) is 5.97 Å². The van der Waals surface area contributed by atoms with Crippen LogP contribution in [0.25, 0.3) is 0 Å². The molecule has 1 rings (SSSR count). The van der Waals surface area contributed by atoms with E-state index >= 15 is 0 Å². The van der Waals surface area contributed by atoms with Crippen LogP contribution in [0, 0.1) is 0 Å². The van der Waals surface area contributed by atoms with Crippen LogP contribution in [0.15, 0.2) is 18.2 Å². The maximum Gasteiger partial charge on any atom is 0.300 e. The summed E-state index contributed by atoms with van der Waals surface area (Å²) in [6.45, 7) is 1.08. The Labute approximate surface area is 85.5 Å². The van der Waals surface area contributed by atoms with Gasteiger partial charge in [0.2, 0.25) is 0 Å². The molecule has 0 fully saturated rings. The molecule has 0 saturated carbocycles. The molecule has 0 aliphatic carbocycles. The third-order valence-corrected chi connectivity index (χ3v) is 1.28. The topological polar surface area (TPSA) is 57.5 Å². The van der Waals surface area contributed by atoms with Gasteiger partial charge < -0.3 is 10.2 Å². The smallest absolute Gasteiger partial charge is 0.300 e. The van der Waals surface area contributed by atoms with Gasteiger partial charge in [-0.1, -0.05) is 23.2 Å². The van der Waals surface area contributed by atoms with Crippen molar-refractivity contribution < 1.29 is 15.0 Å². The van der Waals surface area contributed by atoms with E-state index in [0.717, 1.165) is 6.92 Å². The van der Waals surface area contributed by atoms with Gasteiger partial charge in [-0.2, -0.15) is 0 Å². The molecule has 0 bridgehead atoms. The first-order valence-corrected chi connectivity index (χ1v) is 4.02. The number of hydrogen-bond donors (Lipinski definition) is 2. The van der Waals surface area contributed by atoms with Crippen molar-refractivity contribution in [3.05, 3.63) is 28.2 Å². The first-order valence-electron chi connectivity index (χ1n) is 3.26. The maximum absolute atomic E-state index is 9.00. The van der Waals surface area contributed by atoms with Crippen molar-refractivity contribution in [1.29, 1.82) is 0 Å². The number of phenols is 1. The minimum absolute atomic E-state index is 0.0903. The zero-order chi connectivity index (χ0) is 10.4. The van der Waals surface area contributed by atoms with Crippen molar-refractivity contribution in [2.45, 2.75) is 6.92 Å². The van der Waals surface area contributed by atoms with Crippen LogP contribution in [0.3, 0.4) is 0 Å². The van der Waals surface area contributed by atoms with Crippen molar-refractivity contribution >= 4 is 29.2 Å². The van der Waals surface area contributed by atoms with Crippen molar-refractivity contribution in [2.75, 3.05) is 0 Å². The summed E-state index contributed by atoms with van der Waals surface area (Å²) in [7, 11) is 0. The van der Waals surface area contributed by atoms with Crippen LogP contribution in [-0.2, 0) is 4.79 Å². The predicted molar refractivity (Wildman–Crippen MR) is 51.4 cm³/mol. The highest BCUT2D eigenvalue weighted by Gasteiger charge is 1.93. The molecule has 0 heterocycles. The summed E-state index contributed by atoms with van der Waals surface area (Å²) in [5.41, 5.74) is 0. The first-order chi connectivity index (χ1) is 5.91. The summed E-state index contributed by atoms with van der Waals surface area (Å²) in [5, 5.41) is 17.1. The minimum Gasteiger partial charge on any atom is -0.508 e. The molecular formula is C8H8Cl2O3. The Hall–Kier alpha value is -0.930. The van der Waals surface area contributed by atoms with Gasteiger partial charge in [0.05, 0.1) is 0 Å². The summed E-state index contributed by atoms with van der Waals surface area (Å²) in [6, 6.07) is 4.41. The van der Waals surface area contributed by atoms with Crippen LogP contribution in [0.1, 0.15) is 6.92 Å². The summed E-state index contributed by atoms with van der Waals surface area (Å²) >= 11 is 11.0. The second kappa shape index (κ2) is 5.67. The van der Waals surface area contributed by atoms with E-state index in [4.69, 9.17) is 38.2 Å². The SMILES string of the molecule is CC(=O)O.Oc1cc(Cl)cc(Cl)c1. The van der Waals surface area contributed by atoms with Crippen molar-refractivity contribution in [2.24, 2.45) is 0 Å². The molecule has 3 nitrogen and oxygen atoms in total. The van der Waals surface area contributed by atoms with Gasteiger partial charge in [-0.3, -0.25) is 4.79 Å². The maximum atomic E-state index is 9.00. The Kier molecular flexibility index (Phi) is 5.26. The number of aliphatic carboxylic acids is 1. The largest absolute Gasteiger partial charge is 0.508 e. The zero-order valence-electron chi connectivity index (χ0n) is 6.79. The Morgan fingerprint density at radius 3 is 1.77 bits per heavy atom. The predicted octanol–water partition coefficient (Wildman–Crippen LogP) is 2.79. The Morgan fingerprint density at radius 1 is 1.23 bits per heavy atom. The van der Waals surface area contributed by atoms with Crippen LogP contribution in [0.4, 0.5) is 0 Å². The van der Waals surface area contributed by atoms with Crippen LogP contribution >= 0.6 is 23.2 Å². The third kappa shape index (κ3) is 7.43. The Balaban J connectivity index is 0.000000310. The van der Waals surface area contributed by atoms with Gasteiger partial charge in [0, 0.05) is 17.0 Å². The van der Waals surface area contributed by atoms with Gasteiger partial charge in [0.1, 0.15) is 5.75 Å². The number of phenolic OH excluding ortho intramolecular Hbond substituents is 1. The van der Waals surface area contributed by atoms with Crippen LogP contribution in [0.2, 0.25) is 10.0 Å². The molecule has 1 aromatic rings. The van der Waals surface area contributed by atoms with Gasteiger partial charge in [-0.05, 0) is 18.2 Å². The van der Waals surface area contributed by atoms with Crippen molar-refractivity contribution in [3.63, 3.8) is 0 Å². The second-order valence-corrected chi connectivity index (χ2v) is 3.02. The van der Waals surface area contributed by atoms with Gasteiger partial charge in [-0.25, -0.2) is 0 Å². The summed E-state index contributed by atoms with van der Waals surface area (Å²) in [5.74, 6) is -0.743. The molecule has 72 valence electrons. The highest BCUT2D eigenvalue weighted by molar-refractivity contribution is 6.34. The number of aromatic hydroxyl groups is 1. The molecule has 0 aromatic heterocycles. The number of benzene rings is 1. The zero-order valence-corrected chi connectivity index (χ0v) is 8.30. The fourth-order valence-corrected chi connectivity index (χ4v) is 1.05. The number of hydrogen-bond acceptors (Lipinski definition) is 2. The van der Waals surface area contributed by atoms with Crippen LogP contribution in [-0.4, -0.2) is 16.2 Å². The molecule has 5 heteroatoms. The van der Waals surface area contributed by atoms with Crippen molar-refractivity contribution in [1.82, 2.24) is 0 Å². The van der Waals surface area contributed by atoms with E-state index in [9.17, 15) is 0 Å². The number of rotatable bonds is 0. The lowest BCUT2D eigenvalue weighted by molar-refractivity contribution is -0.134. The average molecular weight is 223 g/mol. The number of carboxylic acid groups (broad SMARTS) is 1. The van der Waals surface area contributed by atoms with Crippen LogP contribution in [0.5, 0.6) is 5.75 Å². The number of halogens is 2. The molecule has 2 N–H and O–H groups in total. The molecule has 0 aliphatic heterocycles. The molecule has 0 radical (unpaired) electrons. The van der Waals surface area contributed by atoms with E-state index in [2.05, 4.69) is 0 Å². The standard InChI is InChI=1S/C6H4Cl2O.C2H4O2/c7-4-1-5(8)3-6(9)2-4;1-2(3)4/h1-3,9H;1H3,(H,3,4). The summed E-state index contributed by atoms with van der Waals surface area (Å²) < 4.78 is 0. The van der Waals surface area contributed by atoms with Gasteiger partial charge >= 0.3 is 0 Å². The molecule has 0 spiro atoms. The molecule has 0 amide bonds. The van der Waals surface area contributed by atoms with E-state index in [0.29, 0.717) is 10.0 Å². The summed E-state index contributed by atoms with van der Waals surface area (Å²) in [6.07, 6.45) is 0. The number of carbonyl (C=O) groups is 1. The monoisotopic (exact) mass is 222 g/mol. The lowest BCUT2D eigenvalue weighted by Crippen LogP contribution is -1.78. The molecule has 13 heavy (non-hydrogen) atoms. The Morgan fingerprint density at radius 2 is 1.54 bits per heavy atom. The van der Waals surface area contributed by atoms with Crippen LogP contribution < -0.4 is 0 Å². The lowest BCUT2D eigenvalue weighted by atomic mass is 10.3. The van der Waals surface area contributed by atoms with E-state index in [1.165, 1.54) is 12.1 Å². The second-order valence-electron chi connectivity index (χ2n) is 2.15. The lowest BCUT2D eigenvalue weighted by Gasteiger charge is -1.92. The van der Waals surface area contributed by atoms with E-state index < -0.39 is 5.97 Å². The highest BCUT2D eigenvalue weighted by atomic mass is 35.5. The van der Waals surface area contributed by atoms with Crippen molar-refractivity contribution in [3.8, 4) is 5.75 Å². The van der Waals surface area contributed by atoms with E-state index in [-0.39, 0.29) is 5.75 Å². The average Bonchev–Trinajstić information content (AvgIpc) is 1.80. The molecule has 0 saturated heterocycles. The molecule has 1 aromatic carbocycles. The Bertz CT molecular complexity index is 245. The molecule has 0 aliphatic rings. The summed E-state index contributed by atoms with van der Waals surface area (Å²) in [4.78, 5) is 9.00.